The number of esters is 1. The molecule has 1 aromatic heterocycles. The van der Waals surface area contributed by atoms with E-state index < -0.39 is 5.97 Å². The Balaban J connectivity index is 2.47. The molecule has 0 atom stereocenters. The van der Waals surface area contributed by atoms with Crippen molar-refractivity contribution in [3.05, 3.63) is 28.6 Å². The molecule has 0 saturated heterocycles. The summed E-state index contributed by atoms with van der Waals surface area (Å²) >= 11 is 0. The maximum absolute atomic E-state index is 12.6. The Morgan fingerprint density at radius 2 is 1.96 bits per heavy atom. The summed E-state index contributed by atoms with van der Waals surface area (Å²) in [6.07, 6.45) is 4.12. The zero-order chi connectivity index (χ0) is 17.7. The molecule has 24 heavy (non-hydrogen) atoms. The Hall–Kier alpha value is -2.50. The van der Waals surface area contributed by atoms with Crippen LogP contribution in [0.3, 0.4) is 0 Å². The number of pyridine rings is 1. The van der Waals surface area contributed by atoms with Crippen LogP contribution in [0.1, 0.15) is 39.5 Å². The number of anilines is 1. The molecule has 6 nitrogen and oxygen atoms in total. The third kappa shape index (κ3) is 3.88. The number of aromatic nitrogens is 1. The average Bonchev–Trinajstić information content (AvgIpc) is 2.54. The van der Waals surface area contributed by atoms with Gasteiger partial charge in [-0.15, -0.1) is 0 Å². The van der Waals surface area contributed by atoms with E-state index in [0.29, 0.717) is 23.2 Å². The van der Waals surface area contributed by atoms with Gasteiger partial charge in [0.25, 0.3) is 5.56 Å². The molecular formula is C18H24N2O4. The van der Waals surface area contributed by atoms with E-state index >= 15 is 0 Å². The molecule has 0 unspecified atom stereocenters. The van der Waals surface area contributed by atoms with Crippen molar-refractivity contribution in [2.75, 3.05) is 12.3 Å². The molecular weight excluding hydrogens is 308 g/mol. The molecule has 6 heteroatoms. The van der Waals surface area contributed by atoms with Gasteiger partial charge >= 0.3 is 5.97 Å². The van der Waals surface area contributed by atoms with Crippen LogP contribution in [0.4, 0.5) is 5.69 Å². The largest absolute Gasteiger partial charge is 0.485 e. The number of fused-ring (bicyclic) bond motifs is 1. The van der Waals surface area contributed by atoms with Crippen LogP contribution < -0.4 is 20.8 Å². The molecule has 0 spiro atoms. The molecule has 0 radical (unpaired) electrons. The first-order chi connectivity index (χ1) is 11.5. The van der Waals surface area contributed by atoms with Gasteiger partial charge in [0.1, 0.15) is 0 Å². The molecule has 2 aromatic rings. The molecule has 0 bridgehead atoms. The van der Waals surface area contributed by atoms with Gasteiger partial charge < -0.3 is 19.8 Å². The van der Waals surface area contributed by atoms with Gasteiger partial charge in [0.15, 0.2) is 5.75 Å². The maximum Gasteiger partial charge on any atom is 0.308 e. The predicted octanol–water partition coefficient (Wildman–Crippen LogP) is 3.01. The molecule has 0 aliphatic rings. The fourth-order valence-corrected chi connectivity index (χ4v) is 2.57. The number of aryl methyl sites for hydroxylation is 1. The zero-order valence-electron chi connectivity index (χ0n) is 14.4. The lowest BCUT2D eigenvalue weighted by Gasteiger charge is -2.15. The van der Waals surface area contributed by atoms with Crippen LogP contribution >= 0.6 is 0 Å². The second-order valence-electron chi connectivity index (χ2n) is 5.80. The lowest BCUT2D eigenvalue weighted by molar-refractivity contribution is -0.131. The summed E-state index contributed by atoms with van der Waals surface area (Å²) < 4.78 is 12.4. The first kappa shape index (κ1) is 17.8. The van der Waals surface area contributed by atoms with Crippen LogP contribution in [-0.2, 0) is 11.8 Å². The highest BCUT2D eigenvalue weighted by molar-refractivity contribution is 5.91. The minimum absolute atomic E-state index is 0.0708. The Labute approximate surface area is 141 Å². The van der Waals surface area contributed by atoms with Crippen LogP contribution in [0.2, 0.25) is 0 Å². The lowest BCUT2D eigenvalue weighted by atomic mass is 10.1. The number of nitrogen functional groups attached to an aromatic ring is 1. The summed E-state index contributed by atoms with van der Waals surface area (Å²) in [5, 5.41) is 0.616. The van der Waals surface area contributed by atoms with Crippen molar-refractivity contribution in [1.29, 1.82) is 0 Å². The van der Waals surface area contributed by atoms with E-state index in [2.05, 4.69) is 6.92 Å². The quantitative estimate of drug-likeness (QED) is 0.479. The molecule has 0 saturated carbocycles. The van der Waals surface area contributed by atoms with Gasteiger partial charge in [-0.1, -0.05) is 26.2 Å². The third-order valence-corrected chi connectivity index (χ3v) is 3.82. The molecule has 0 amide bonds. The number of benzene rings is 1. The summed E-state index contributed by atoms with van der Waals surface area (Å²) in [7, 11) is 1.64. The molecule has 130 valence electrons. The van der Waals surface area contributed by atoms with E-state index in [9.17, 15) is 9.59 Å². The number of nitrogens with zero attached hydrogens (tertiary/aromatic N) is 1. The normalized spacial score (nSPS) is 10.8. The Morgan fingerprint density at radius 3 is 2.62 bits per heavy atom. The van der Waals surface area contributed by atoms with Crippen molar-refractivity contribution in [1.82, 2.24) is 4.57 Å². The van der Waals surface area contributed by atoms with Crippen molar-refractivity contribution in [3.8, 4) is 11.5 Å². The minimum Gasteiger partial charge on any atom is -0.485 e. The van der Waals surface area contributed by atoms with Gasteiger partial charge in [-0.05, 0) is 24.6 Å². The van der Waals surface area contributed by atoms with Crippen LogP contribution in [0.25, 0.3) is 10.9 Å². The van der Waals surface area contributed by atoms with Crippen molar-refractivity contribution in [2.45, 2.75) is 39.5 Å². The summed E-state index contributed by atoms with van der Waals surface area (Å²) in [5.74, 6) is -0.269. The highest BCUT2D eigenvalue weighted by atomic mass is 16.6. The smallest absolute Gasteiger partial charge is 0.308 e. The SMILES string of the molecule is CCCCCCOc1c(OC(C)=O)c2ccc(N)cc2n(C)c1=O. The van der Waals surface area contributed by atoms with E-state index in [4.69, 9.17) is 15.2 Å². The summed E-state index contributed by atoms with van der Waals surface area (Å²) in [5.41, 5.74) is 6.58. The van der Waals surface area contributed by atoms with E-state index in [1.165, 1.54) is 11.5 Å². The standard InChI is InChI=1S/C18H24N2O4/c1-4-5-6-7-10-23-17-16(24-12(2)21)14-9-8-13(19)11-15(14)20(3)18(17)22/h8-9,11H,4-7,10,19H2,1-3H3. The number of unbranched alkanes of at least 4 members (excludes halogenated alkanes) is 3. The van der Waals surface area contributed by atoms with E-state index in [1.54, 1.807) is 25.2 Å². The van der Waals surface area contributed by atoms with Crippen LogP contribution in [-0.4, -0.2) is 17.1 Å². The van der Waals surface area contributed by atoms with E-state index in [1.807, 2.05) is 0 Å². The summed E-state index contributed by atoms with van der Waals surface area (Å²) in [6, 6.07) is 5.10. The molecule has 1 aromatic carbocycles. The number of nitrogens with two attached hydrogens (primary N) is 1. The second-order valence-corrected chi connectivity index (χ2v) is 5.80. The Bertz CT molecular complexity index is 796. The third-order valence-electron chi connectivity index (χ3n) is 3.82. The molecule has 2 rings (SSSR count). The van der Waals surface area contributed by atoms with Gasteiger partial charge in [-0.3, -0.25) is 9.59 Å². The topological polar surface area (TPSA) is 83.5 Å². The first-order valence-electron chi connectivity index (χ1n) is 8.19. The highest BCUT2D eigenvalue weighted by Crippen LogP contribution is 2.33. The van der Waals surface area contributed by atoms with Crippen LogP contribution in [0, 0.1) is 0 Å². The van der Waals surface area contributed by atoms with Crippen molar-refractivity contribution >= 4 is 22.6 Å². The fourth-order valence-electron chi connectivity index (χ4n) is 2.57. The molecule has 0 aliphatic heterocycles. The number of carbonyl (C=O) groups is 1. The van der Waals surface area contributed by atoms with Crippen molar-refractivity contribution < 1.29 is 14.3 Å². The second kappa shape index (κ2) is 7.86. The highest BCUT2D eigenvalue weighted by Gasteiger charge is 2.19. The minimum atomic E-state index is -0.503. The molecule has 1 heterocycles. The maximum atomic E-state index is 12.6. The Kier molecular flexibility index (Phi) is 5.84. The van der Waals surface area contributed by atoms with Gasteiger partial charge in [0, 0.05) is 25.0 Å². The first-order valence-corrected chi connectivity index (χ1v) is 8.19. The van der Waals surface area contributed by atoms with Crippen molar-refractivity contribution in [3.63, 3.8) is 0 Å². The van der Waals surface area contributed by atoms with E-state index in [0.717, 1.165) is 25.7 Å². The molecule has 0 fully saturated rings. The average molecular weight is 332 g/mol. The number of ether oxygens (including phenoxy) is 2. The molecule has 0 aliphatic carbocycles. The summed E-state index contributed by atoms with van der Waals surface area (Å²) in [4.78, 5) is 24.1. The number of hydrogen-bond acceptors (Lipinski definition) is 5. The van der Waals surface area contributed by atoms with Gasteiger partial charge in [0.2, 0.25) is 5.75 Å². The number of carbonyl (C=O) groups excluding carboxylic acids is 1. The fraction of sp³-hybridized carbons (Fsp3) is 0.444. The van der Waals surface area contributed by atoms with Gasteiger partial charge in [-0.2, -0.15) is 0 Å². The summed E-state index contributed by atoms with van der Waals surface area (Å²) in [6.45, 7) is 3.83. The van der Waals surface area contributed by atoms with Crippen LogP contribution in [0.15, 0.2) is 23.0 Å². The monoisotopic (exact) mass is 332 g/mol. The van der Waals surface area contributed by atoms with Gasteiger partial charge in [-0.25, -0.2) is 0 Å². The molecule has 2 N–H and O–H groups in total. The van der Waals surface area contributed by atoms with Gasteiger partial charge in [0.05, 0.1) is 12.1 Å². The predicted molar refractivity (Wildman–Crippen MR) is 94.5 cm³/mol. The van der Waals surface area contributed by atoms with Crippen molar-refractivity contribution in [2.24, 2.45) is 7.05 Å². The number of rotatable bonds is 7. The number of hydrogen-bond donors (Lipinski definition) is 1. The lowest BCUT2D eigenvalue weighted by Crippen LogP contribution is -2.22. The van der Waals surface area contributed by atoms with Crippen LogP contribution in [0.5, 0.6) is 11.5 Å². The Morgan fingerprint density at radius 1 is 1.21 bits per heavy atom. The van der Waals surface area contributed by atoms with E-state index in [-0.39, 0.29) is 17.1 Å². The zero-order valence-corrected chi connectivity index (χ0v) is 14.4.